The molecule has 0 spiro atoms. The highest BCUT2D eigenvalue weighted by molar-refractivity contribution is 7.92. The molecule has 0 aliphatic rings. The number of rotatable bonds is 6. The van der Waals surface area contributed by atoms with Crippen molar-refractivity contribution in [1.29, 1.82) is 0 Å². The summed E-state index contributed by atoms with van der Waals surface area (Å²) in [5, 5.41) is 2.25. The number of amides is 1. The summed E-state index contributed by atoms with van der Waals surface area (Å²) in [4.78, 5) is 10.8. The molecular formula is C16H18FN3O5S2. The monoisotopic (exact) mass is 415 g/mol. The fourth-order valence-corrected chi connectivity index (χ4v) is 4.04. The Labute approximate surface area is 157 Å². The summed E-state index contributed by atoms with van der Waals surface area (Å²) in [7, 11) is -5.00. The van der Waals surface area contributed by atoms with Crippen LogP contribution in [0, 0.1) is 5.82 Å². The minimum Gasteiger partial charge on any atom is -0.324 e. The zero-order chi connectivity index (χ0) is 20.4. The second kappa shape index (κ2) is 7.62. The van der Waals surface area contributed by atoms with E-state index < -0.39 is 31.8 Å². The first-order chi connectivity index (χ1) is 12.4. The lowest BCUT2D eigenvalue weighted by molar-refractivity contribution is -0.114. The van der Waals surface area contributed by atoms with Gasteiger partial charge in [-0.1, -0.05) is 0 Å². The van der Waals surface area contributed by atoms with Crippen LogP contribution >= 0.6 is 0 Å². The van der Waals surface area contributed by atoms with Gasteiger partial charge in [0.1, 0.15) is 5.82 Å². The lowest BCUT2D eigenvalue weighted by Crippen LogP contribution is -2.22. The predicted molar refractivity (Wildman–Crippen MR) is 98.8 cm³/mol. The number of halogens is 1. The van der Waals surface area contributed by atoms with Crippen molar-refractivity contribution in [2.75, 3.05) is 24.1 Å². The van der Waals surface area contributed by atoms with E-state index in [4.69, 9.17) is 0 Å². The Kier molecular flexibility index (Phi) is 5.88. The van der Waals surface area contributed by atoms with Crippen LogP contribution in [0.1, 0.15) is 6.92 Å². The minimum absolute atomic E-state index is 0.0325. The van der Waals surface area contributed by atoms with E-state index in [1.807, 2.05) is 0 Å². The third kappa shape index (κ3) is 4.81. The number of carbonyl (C=O) groups is 1. The second-order valence-electron chi connectivity index (χ2n) is 5.74. The number of benzene rings is 2. The molecule has 0 unspecified atom stereocenters. The van der Waals surface area contributed by atoms with Crippen molar-refractivity contribution in [2.24, 2.45) is 0 Å². The van der Waals surface area contributed by atoms with E-state index in [9.17, 15) is 26.0 Å². The number of nitrogens with zero attached hydrogens (tertiary/aromatic N) is 1. The maximum absolute atomic E-state index is 13.7. The van der Waals surface area contributed by atoms with Crippen LogP contribution in [0.2, 0.25) is 0 Å². The van der Waals surface area contributed by atoms with Crippen LogP contribution in [0.4, 0.5) is 15.8 Å². The number of anilines is 2. The molecule has 0 heterocycles. The van der Waals surface area contributed by atoms with E-state index in [0.29, 0.717) is 0 Å². The Morgan fingerprint density at radius 2 is 1.52 bits per heavy atom. The van der Waals surface area contributed by atoms with Gasteiger partial charge >= 0.3 is 0 Å². The molecule has 1 amide bonds. The van der Waals surface area contributed by atoms with Gasteiger partial charge in [-0.2, -0.15) is 0 Å². The summed E-state index contributed by atoms with van der Waals surface area (Å²) in [5.41, 5.74) is -0.139. The van der Waals surface area contributed by atoms with Crippen LogP contribution in [-0.2, 0) is 24.8 Å². The molecule has 0 aromatic heterocycles. The van der Waals surface area contributed by atoms with Gasteiger partial charge in [-0.05, 0) is 42.5 Å². The van der Waals surface area contributed by atoms with Crippen molar-refractivity contribution < 1.29 is 26.0 Å². The molecule has 0 fully saturated rings. The highest BCUT2D eigenvalue weighted by Gasteiger charge is 2.20. The summed E-state index contributed by atoms with van der Waals surface area (Å²) in [6.45, 7) is 1.19. The zero-order valence-electron chi connectivity index (χ0n) is 14.7. The predicted octanol–water partition coefficient (Wildman–Crippen LogP) is 1.84. The first kappa shape index (κ1) is 20.8. The summed E-state index contributed by atoms with van der Waals surface area (Å²) in [6.07, 6.45) is 0. The fourth-order valence-electron chi connectivity index (χ4n) is 2.09. The van der Waals surface area contributed by atoms with Crippen LogP contribution in [0.5, 0.6) is 0 Å². The smallest absolute Gasteiger partial charge is 0.261 e. The van der Waals surface area contributed by atoms with Crippen molar-refractivity contribution in [3.05, 3.63) is 48.3 Å². The molecule has 0 aliphatic carbocycles. The summed E-state index contributed by atoms with van der Waals surface area (Å²) >= 11 is 0. The Hall–Kier alpha value is -2.50. The van der Waals surface area contributed by atoms with Gasteiger partial charge < -0.3 is 5.32 Å². The van der Waals surface area contributed by atoms with E-state index in [1.165, 1.54) is 39.2 Å². The number of hydrogen-bond donors (Lipinski definition) is 2. The molecule has 2 rings (SSSR count). The molecule has 8 nitrogen and oxygen atoms in total. The highest BCUT2D eigenvalue weighted by atomic mass is 32.2. The summed E-state index contributed by atoms with van der Waals surface area (Å²) in [5.74, 6) is -1.22. The van der Waals surface area contributed by atoms with Gasteiger partial charge in [-0.15, -0.1) is 0 Å². The van der Waals surface area contributed by atoms with E-state index in [-0.39, 0.29) is 21.2 Å². The topological polar surface area (TPSA) is 113 Å². The van der Waals surface area contributed by atoms with Crippen LogP contribution in [0.25, 0.3) is 0 Å². The van der Waals surface area contributed by atoms with Crippen molar-refractivity contribution in [3.8, 4) is 0 Å². The molecule has 0 saturated heterocycles. The largest absolute Gasteiger partial charge is 0.324 e. The van der Waals surface area contributed by atoms with Gasteiger partial charge in [0.15, 0.2) is 0 Å². The average molecular weight is 415 g/mol. The van der Waals surface area contributed by atoms with E-state index in [1.54, 1.807) is 0 Å². The lowest BCUT2D eigenvalue weighted by atomic mass is 10.2. The van der Waals surface area contributed by atoms with Gasteiger partial charge in [-0.25, -0.2) is 25.5 Å². The van der Waals surface area contributed by atoms with Crippen molar-refractivity contribution in [2.45, 2.75) is 16.7 Å². The van der Waals surface area contributed by atoms with Crippen LogP contribution in [-0.4, -0.2) is 41.1 Å². The number of nitrogens with one attached hydrogen (secondary N) is 2. The van der Waals surface area contributed by atoms with Gasteiger partial charge in [0.25, 0.3) is 10.0 Å². The number of hydrogen-bond acceptors (Lipinski definition) is 5. The lowest BCUT2D eigenvalue weighted by Gasteiger charge is -2.13. The molecule has 27 heavy (non-hydrogen) atoms. The van der Waals surface area contributed by atoms with Crippen molar-refractivity contribution in [3.63, 3.8) is 0 Å². The van der Waals surface area contributed by atoms with Gasteiger partial charge in [0.05, 0.1) is 21.2 Å². The molecule has 0 radical (unpaired) electrons. The molecule has 146 valence electrons. The second-order valence-corrected chi connectivity index (χ2v) is 9.57. The minimum atomic E-state index is -4.05. The Bertz CT molecular complexity index is 1070. The number of sulfonamides is 2. The number of carbonyl (C=O) groups excluding carboxylic acids is 1. The standard InChI is InChI=1S/C16H18FN3O5S2/c1-11(21)18-16-10-12(4-9-15(16)17)19-26(22,23)13-5-7-14(8-6-13)27(24,25)20(2)3/h4-10,19H,1-3H3,(H,18,21). The van der Waals surface area contributed by atoms with Gasteiger partial charge in [0.2, 0.25) is 15.9 Å². The van der Waals surface area contributed by atoms with E-state index in [0.717, 1.165) is 28.6 Å². The third-order valence-corrected chi connectivity index (χ3v) is 6.67. The molecule has 11 heteroatoms. The molecule has 0 saturated carbocycles. The quantitative estimate of drug-likeness (QED) is 0.748. The molecule has 0 aliphatic heterocycles. The van der Waals surface area contributed by atoms with Gasteiger partial charge in [0, 0.05) is 21.0 Å². The zero-order valence-corrected chi connectivity index (χ0v) is 16.4. The van der Waals surface area contributed by atoms with Gasteiger partial charge in [-0.3, -0.25) is 9.52 Å². The first-order valence-corrected chi connectivity index (χ1v) is 10.5. The normalized spacial score (nSPS) is 12.0. The SMILES string of the molecule is CC(=O)Nc1cc(NS(=O)(=O)c2ccc(S(=O)(=O)N(C)C)cc2)ccc1F. The third-order valence-electron chi connectivity index (χ3n) is 3.44. The fraction of sp³-hybridized carbons (Fsp3) is 0.188. The molecule has 2 aromatic rings. The van der Waals surface area contributed by atoms with E-state index >= 15 is 0 Å². The van der Waals surface area contributed by atoms with Crippen molar-refractivity contribution in [1.82, 2.24) is 4.31 Å². The molecular weight excluding hydrogens is 397 g/mol. The first-order valence-electron chi connectivity index (χ1n) is 7.56. The Morgan fingerprint density at radius 1 is 0.963 bits per heavy atom. The van der Waals surface area contributed by atoms with Crippen LogP contribution in [0.3, 0.4) is 0 Å². The summed E-state index contributed by atoms with van der Waals surface area (Å²) < 4.78 is 65.9. The summed E-state index contributed by atoms with van der Waals surface area (Å²) in [6, 6.07) is 8.00. The molecule has 2 aromatic carbocycles. The maximum atomic E-state index is 13.7. The van der Waals surface area contributed by atoms with Crippen molar-refractivity contribution >= 4 is 37.3 Å². The Balaban J connectivity index is 2.31. The highest BCUT2D eigenvalue weighted by Crippen LogP contribution is 2.23. The maximum Gasteiger partial charge on any atom is 0.261 e. The van der Waals surface area contributed by atoms with E-state index in [2.05, 4.69) is 10.0 Å². The van der Waals surface area contributed by atoms with Crippen LogP contribution < -0.4 is 10.0 Å². The molecule has 0 atom stereocenters. The molecule has 0 bridgehead atoms. The molecule has 2 N–H and O–H groups in total. The Morgan fingerprint density at radius 3 is 2.04 bits per heavy atom. The van der Waals surface area contributed by atoms with Crippen LogP contribution in [0.15, 0.2) is 52.3 Å². The average Bonchev–Trinajstić information content (AvgIpc) is 2.57.